The van der Waals surface area contributed by atoms with Crippen LogP contribution in [0.4, 0.5) is 5.69 Å². The van der Waals surface area contributed by atoms with Crippen LogP contribution in [0.5, 0.6) is 0 Å². The SMILES string of the molecule is CCCCNC(=O)C1(NC(=O)c2ccc([N+](=O)[O-])c(C)c2)CCCCC1. The number of nitrogens with zero attached hydrogens (tertiary/aromatic N) is 1. The molecular formula is C19H27N3O4. The summed E-state index contributed by atoms with van der Waals surface area (Å²) in [6, 6.07) is 4.27. The van der Waals surface area contributed by atoms with Crippen molar-refractivity contribution in [3.05, 3.63) is 39.4 Å². The lowest BCUT2D eigenvalue weighted by Gasteiger charge is -2.36. The number of aryl methyl sites for hydroxylation is 1. The van der Waals surface area contributed by atoms with Crippen molar-refractivity contribution in [3.63, 3.8) is 0 Å². The highest BCUT2D eigenvalue weighted by atomic mass is 16.6. The van der Waals surface area contributed by atoms with Crippen molar-refractivity contribution in [2.75, 3.05) is 6.54 Å². The van der Waals surface area contributed by atoms with Crippen molar-refractivity contribution in [3.8, 4) is 0 Å². The van der Waals surface area contributed by atoms with Crippen LogP contribution >= 0.6 is 0 Å². The second kappa shape index (κ2) is 8.78. The van der Waals surface area contributed by atoms with Crippen molar-refractivity contribution < 1.29 is 14.5 Å². The molecule has 0 saturated heterocycles. The minimum atomic E-state index is -0.890. The standard InChI is InChI=1S/C19H27N3O4/c1-3-4-12-20-18(24)19(10-6-5-7-11-19)21-17(23)15-8-9-16(22(25)26)14(2)13-15/h8-9,13H,3-7,10-12H2,1-2H3,(H,20,24)(H,21,23). The first kappa shape index (κ1) is 19.9. The molecule has 7 heteroatoms. The summed E-state index contributed by atoms with van der Waals surface area (Å²) in [7, 11) is 0. The molecule has 0 aliphatic heterocycles. The second-order valence-corrected chi connectivity index (χ2v) is 6.96. The number of nitrogens with one attached hydrogen (secondary N) is 2. The number of nitro benzene ring substituents is 1. The molecule has 0 heterocycles. The van der Waals surface area contributed by atoms with Gasteiger partial charge in [-0.05, 0) is 38.3 Å². The third kappa shape index (κ3) is 4.59. The smallest absolute Gasteiger partial charge is 0.272 e. The summed E-state index contributed by atoms with van der Waals surface area (Å²) < 4.78 is 0. The van der Waals surface area contributed by atoms with Crippen molar-refractivity contribution >= 4 is 17.5 Å². The zero-order valence-electron chi connectivity index (χ0n) is 15.5. The van der Waals surface area contributed by atoms with E-state index in [1.807, 2.05) is 0 Å². The molecule has 1 saturated carbocycles. The minimum Gasteiger partial charge on any atom is -0.354 e. The Morgan fingerprint density at radius 2 is 1.92 bits per heavy atom. The Morgan fingerprint density at radius 1 is 1.23 bits per heavy atom. The van der Waals surface area contributed by atoms with Gasteiger partial charge >= 0.3 is 0 Å². The van der Waals surface area contributed by atoms with Gasteiger partial charge in [-0.1, -0.05) is 32.6 Å². The van der Waals surface area contributed by atoms with Crippen LogP contribution in [0.3, 0.4) is 0 Å². The number of amides is 2. The van der Waals surface area contributed by atoms with Crippen LogP contribution < -0.4 is 10.6 Å². The summed E-state index contributed by atoms with van der Waals surface area (Å²) in [6.07, 6.45) is 5.95. The molecule has 7 nitrogen and oxygen atoms in total. The van der Waals surface area contributed by atoms with Crippen molar-refractivity contribution in [2.24, 2.45) is 0 Å². The molecule has 0 radical (unpaired) electrons. The van der Waals surface area contributed by atoms with E-state index in [1.165, 1.54) is 18.2 Å². The minimum absolute atomic E-state index is 0.0220. The summed E-state index contributed by atoms with van der Waals surface area (Å²) in [5, 5.41) is 16.8. The van der Waals surface area contributed by atoms with E-state index in [9.17, 15) is 19.7 Å². The predicted molar refractivity (Wildman–Crippen MR) is 99.0 cm³/mol. The highest BCUT2D eigenvalue weighted by Gasteiger charge is 2.40. The monoisotopic (exact) mass is 361 g/mol. The van der Waals surface area contributed by atoms with Crippen LogP contribution in [0.15, 0.2) is 18.2 Å². The maximum atomic E-state index is 12.8. The van der Waals surface area contributed by atoms with Gasteiger partial charge in [-0.2, -0.15) is 0 Å². The lowest BCUT2D eigenvalue weighted by Crippen LogP contribution is -2.59. The molecule has 1 aliphatic carbocycles. The first-order valence-electron chi connectivity index (χ1n) is 9.25. The summed E-state index contributed by atoms with van der Waals surface area (Å²) in [5.41, 5.74) is -0.156. The van der Waals surface area contributed by atoms with Gasteiger partial charge in [-0.15, -0.1) is 0 Å². The van der Waals surface area contributed by atoms with Gasteiger partial charge in [0.05, 0.1) is 4.92 Å². The third-order valence-corrected chi connectivity index (χ3v) is 4.97. The molecule has 0 spiro atoms. The topological polar surface area (TPSA) is 101 Å². The molecule has 1 aliphatic rings. The number of rotatable bonds is 7. The molecule has 2 rings (SSSR count). The molecule has 1 aromatic rings. The van der Waals surface area contributed by atoms with Gasteiger partial charge in [0.15, 0.2) is 0 Å². The highest BCUT2D eigenvalue weighted by Crippen LogP contribution is 2.29. The lowest BCUT2D eigenvalue weighted by molar-refractivity contribution is -0.385. The van der Waals surface area contributed by atoms with Gasteiger partial charge in [0.25, 0.3) is 11.6 Å². The Bertz CT molecular complexity index is 681. The average Bonchev–Trinajstić information content (AvgIpc) is 2.62. The second-order valence-electron chi connectivity index (χ2n) is 6.96. The first-order valence-corrected chi connectivity index (χ1v) is 9.25. The molecule has 0 atom stereocenters. The number of carbonyl (C=O) groups excluding carboxylic acids is 2. The lowest BCUT2D eigenvalue weighted by atomic mass is 9.80. The summed E-state index contributed by atoms with van der Waals surface area (Å²) >= 11 is 0. The van der Waals surface area contributed by atoms with Gasteiger partial charge < -0.3 is 10.6 Å². The molecule has 2 N–H and O–H groups in total. The first-order chi connectivity index (χ1) is 12.4. The Morgan fingerprint density at radius 3 is 2.50 bits per heavy atom. The zero-order chi connectivity index (χ0) is 19.2. The highest BCUT2D eigenvalue weighted by molar-refractivity contribution is 5.99. The number of unbranched alkanes of at least 4 members (excludes halogenated alkanes) is 1. The van der Waals surface area contributed by atoms with Crippen molar-refractivity contribution in [2.45, 2.75) is 64.3 Å². The number of nitro groups is 1. The molecule has 2 amide bonds. The van der Waals surface area contributed by atoms with Crippen molar-refractivity contribution in [1.82, 2.24) is 10.6 Å². The number of hydrogen-bond donors (Lipinski definition) is 2. The van der Waals surface area contributed by atoms with Crippen LogP contribution in [-0.4, -0.2) is 28.8 Å². The van der Waals surface area contributed by atoms with E-state index in [2.05, 4.69) is 17.6 Å². The Hall–Kier alpha value is -2.44. The van der Waals surface area contributed by atoms with Crippen molar-refractivity contribution in [1.29, 1.82) is 0 Å². The number of carbonyl (C=O) groups is 2. The maximum absolute atomic E-state index is 12.8. The third-order valence-electron chi connectivity index (χ3n) is 4.97. The fourth-order valence-corrected chi connectivity index (χ4v) is 3.40. The van der Waals surface area contributed by atoms with Gasteiger partial charge in [0.1, 0.15) is 5.54 Å². The number of benzene rings is 1. The van der Waals surface area contributed by atoms with E-state index in [1.54, 1.807) is 6.92 Å². The predicted octanol–water partition coefficient (Wildman–Crippen LogP) is 3.25. The normalized spacial score (nSPS) is 15.9. The van der Waals surface area contributed by atoms with Crippen LogP contribution in [0.25, 0.3) is 0 Å². The van der Waals surface area contributed by atoms with Gasteiger partial charge in [0, 0.05) is 23.7 Å². The van der Waals surface area contributed by atoms with E-state index in [4.69, 9.17) is 0 Å². The van der Waals surface area contributed by atoms with Gasteiger partial charge in [-0.3, -0.25) is 19.7 Å². The summed E-state index contributed by atoms with van der Waals surface area (Å²) in [6.45, 7) is 4.26. The summed E-state index contributed by atoms with van der Waals surface area (Å²) in [4.78, 5) is 35.9. The van der Waals surface area contributed by atoms with Crippen LogP contribution in [-0.2, 0) is 4.79 Å². The maximum Gasteiger partial charge on any atom is 0.272 e. The Labute approximate surface area is 153 Å². The van der Waals surface area contributed by atoms with Gasteiger partial charge in [0.2, 0.25) is 5.91 Å². The molecule has 0 unspecified atom stereocenters. The van der Waals surface area contributed by atoms with Crippen LogP contribution in [0.1, 0.15) is 67.8 Å². The molecular weight excluding hydrogens is 334 g/mol. The Kier molecular flexibility index (Phi) is 6.71. The molecule has 0 aromatic heterocycles. The fourth-order valence-electron chi connectivity index (χ4n) is 3.40. The Balaban J connectivity index is 2.17. The van der Waals surface area contributed by atoms with E-state index >= 15 is 0 Å². The molecule has 26 heavy (non-hydrogen) atoms. The molecule has 142 valence electrons. The fraction of sp³-hybridized carbons (Fsp3) is 0.579. The summed E-state index contributed by atoms with van der Waals surface area (Å²) in [5.74, 6) is -0.492. The van der Waals surface area contributed by atoms with Crippen LogP contribution in [0.2, 0.25) is 0 Å². The van der Waals surface area contributed by atoms with E-state index in [0.29, 0.717) is 30.5 Å². The molecule has 1 fully saturated rings. The average molecular weight is 361 g/mol. The van der Waals surface area contributed by atoms with E-state index < -0.39 is 10.5 Å². The quantitative estimate of drug-likeness (QED) is 0.442. The molecule has 1 aromatic carbocycles. The van der Waals surface area contributed by atoms with Gasteiger partial charge in [-0.25, -0.2) is 0 Å². The van der Waals surface area contributed by atoms with Crippen LogP contribution in [0, 0.1) is 17.0 Å². The largest absolute Gasteiger partial charge is 0.354 e. The molecule has 0 bridgehead atoms. The van der Waals surface area contributed by atoms with E-state index in [-0.39, 0.29) is 17.5 Å². The van der Waals surface area contributed by atoms with E-state index in [0.717, 1.165) is 32.1 Å². The zero-order valence-corrected chi connectivity index (χ0v) is 15.5. The number of hydrogen-bond acceptors (Lipinski definition) is 4.